The Morgan fingerprint density at radius 1 is 1.05 bits per heavy atom. The molecule has 1 heterocycles. The molecule has 2 amide bonds. The van der Waals surface area contributed by atoms with Crippen LogP contribution < -0.4 is 5.73 Å². The second kappa shape index (κ2) is 12.2. The van der Waals surface area contributed by atoms with Gasteiger partial charge in [0, 0.05) is 35.6 Å². The molecule has 0 bridgehead atoms. The van der Waals surface area contributed by atoms with Crippen LogP contribution in [0.3, 0.4) is 0 Å². The number of aliphatic imine (C=N–C) groups is 1. The average Bonchev–Trinajstić information content (AvgIpc) is 3.26. The van der Waals surface area contributed by atoms with Crippen LogP contribution in [0.4, 0.5) is 13.2 Å². The van der Waals surface area contributed by atoms with Crippen molar-refractivity contribution in [3.63, 3.8) is 0 Å². The van der Waals surface area contributed by atoms with E-state index in [1.807, 2.05) is 18.2 Å². The lowest BCUT2D eigenvalue weighted by molar-refractivity contribution is -0.138. The molecule has 2 N–H and O–H groups in total. The van der Waals surface area contributed by atoms with Crippen LogP contribution in [-0.2, 0) is 33.9 Å². The van der Waals surface area contributed by atoms with Crippen LogP contribution in [0.5, 0.6) is 0 Å². The lowest BCUT2D eigenvalue weighted by Gasteiger charge is -2.27. The molecule has 228 valence electrons. The van der Waals surface area contributed by atoms with Gasteiger partial charge in [-0.3, -0.25) is 18.7 Å². The molecule has 3 aromatic carbocycles. The number of halogens is 3. The Kier molecular flexibility index (Phi) is 8.60. The molecule has 1 aliphatic carbocycles. The maximum atomic E-state index is 14.1. The molecule has 7 nitrogen and oxygen atoms in total. The Morgan fingerprint density at radius 2 is 1.66 bits per heavy atom. The number of rotatable bonds is 8. The number of carbonyl (C=O) groups is 2. The number of amides is 2. The van der Waals surface area contributed by atoms with E-state index in [-0.39, 0.29) is 24.6 Å². The summed E-state index contributed by atoms with van der Waals surface area (Å²) in [6.45, 7) is -0.211. The van der Waals surface area contributed by atoms with Crippen molar-refractivity contribution in [2.75, 3.05) is 19.8 Å². The van der Waals surface area contributed by atoms with Gasteiger partial charge < -0.3 is 10.6 Å². The topological polar surface area (TPSA) is 96.1 Å². The van der Waals surface area contributed by atoms with Gasteiger partial charge in [-0.05, 0) is 47.2 Å². The summed E-state index contributed by atoms with van der Waals surface area (Å²) in [5.41, 5.74) is 5.27. The molecule has 1 atom stereocenters. The van der Waals surface area contributed by atoms with Gasteiger partial charge >= 0.3 is 6.18 Å². The van der Waals surface area contributed by atoms with Gasteiger partial charge in [0.25, 0.3) is 11.8 Å². The Balaban J connectivity index is 1.49. The van der Waals surface area contributed by atoms with Gasteiger partial charge in [0.1, 0.15) is 0 Å². The largest absolute Gasteiger partial charge is 0.417 e. The van der Waals surface area contributed by atoms with Gasteiger partial charge in [0.05, 0.1) is 17.7 Å². The third kappa shape index (κ3) is 5.84. The van der Waals surface area contributed by atoms with E-state index in [1.54, 1.807) is 60.9 Å². The summed E-state index contributed by atoms with van der Waals surface area (Å²) >= 11 is 0. The summed E-state index contributed by atoms with van der Waals surface area (Å²) < 4.78 is 54.5. The van der Waals surface area contributed by atoms with E-state index in [9.17, 15) is 27.0 Å². The van der Waals surface area contributed by atoms with E-state index in [0.717, 1.165) is 12.1 Å². The lowest BCUT2D eigenvalue weighted by atomic mass is 9.83. The van der Waals surface area contributed by atoms with Gasteiger partial charge in [-0.15, -0.1) is 0 Å². The van der Waals surface area contributed by atoms with E-state index in [4.69, 9.17) is 5.73 Å². The number of nitrogens with two attached hydrogens (primary N) is 1. The SMILES string of the molecule is CN(CC1=C(S(C)=O)CCC=C1)C(=O)c1cc(CN2C(=O)C(c3ccccc3)(c3ccccc3)N=C2N)ccc1C(F)(F)F. The number of nitrogens with zero attached hydrogens (tertiary/aromatic N) is 3. The van der Waals surface area contributed by atoms with Crippen molar-refractivity contribution in [3.05, 3.63) is 129 Å². The maximum absolute atomic E-state index is 14.1. The van der Waals surface area contributed by atoms with E-state index in [2.05, 4.69) is 4.99 Å². The molecular formula is C33H31F3N4O3S. The molecule has 1 aliphatic heterocycles. The number of hydrogen-bond acceptors (Lipinski definition) is 5. The summed E-state index contributed by atoms with van der Waals surface area (Å²) in [5.74, 6) is -1.42. The molecule has 1 unspecified atom stereocenters. The fourth-order valence-electron chi connectivity index (χ4n) is 5.63. The minimum absolute atomic E-state index is 0.00728. The fraction of sp³-hybridized carbons (Fsp3) is 0.242. The first-order chi connectivity index (χ1) is 20.9. The molecule has 0 aromatic heterocycles. The first-order valence-electron chi connectivity index (χ1n) is 13.9. The monoisotopic (exact) mass is 620 g/mol. The van der Waals surface area contributed by atoms with Crippen molar-refractivity contribution in [1.29, 1.82) is 0 Å². The van der Waals surface area contributed by atoms with E-state index < -0.39 is 45.5 Å². The van der Waals surface area contributed by atoms with Crippen molar-refractivity contribution >= 4 is 28.6 Å². The molecule has 0 saturated carbocycles. The predicted octanol–water partition coefficient (Wildman–Crippen LogP) is 5.36. The van der Waals surface area contributed by atoms with E-state index >= 15 is 0 Å². The Bertz CT molecular complexity index is 1660. The second-order valence-corrected chi connectivity index (χ2v) is 12.1. The maximum Gasteiger partial charge on any atom is 0.417 e. The number of carbonyl (C=O) groups excluding carboxylic acids is 2. The number of benzene rings is 3. The summed E-state index contributed by atoms with van der Waals surface area (Å²) in [7, 11) is 0.134. The van der Waals surface area contributed by atoms with Gasteiger partial charge in [-0.25, -0.2) is 4.99 Å². The predicted molar refractivity (Wildman–Crippen MR) is 164 cm³/mol. The smallest absolute Gasteiger partial charge is 0.369 e. The molecule has 5 rings (SSSR count). The minimum Gasteiger partial charge on any atom is -0.369 e. The molecule has 44 heavy (non-hydrogen) atoms. The molecule has 0 fully saturated rings. The van der Waals surface area contributed by atoms with E-state index in [0.29, 0.717) is 34.4 Å². The highest BCUT2D eigenvalue weighted by molar-refractivity contribution is 7.88. The zero-order valence-corrected chi connectivity index (χ0v) is 25.0. The summed E-state index contributed by atoms with van der Waals surface area (Å²) in [4.78, 5) is 35.4. The van der Waals surface area contributed by atoms with Crippen molar-refractivity contribution in [2.45, 2.75) is 31.1 Å². The summed E-state index contributed by atoms with van der Waals surface area (Å²) in [6, 6.07) is 21.1. The highest BCUT2D eigenvalue weighted by atomic mass is 32.2. The number of allylic oxidation sites excluding steroid dienone is 2. The third-order valence-electron chi connectivity index (χ3n) is 7.77. The first kappa shape index (κ1) is 30.9. The Morgan fingerprint density at radius 3 is 2.23 bits per heavy atom. The normalized spacial score (nSPS) is 17.1. The molecular weight excluding hydrogens is 589 g/mol. The van der Waals surface area contributed by atoms with E-state index in [1.165, 1.54) is 22.9 Å². The minimum atomic E-state index is -4.80. The quantitative estimate of drug-likeness (QED) is 0.367. The molecule has 0 saturated heterocycles. The van der Waals surface area contributed by atoms with Crippen LogP contribution >= 0.6 is 0 Å². The van der Waals surface area contributed by atoms with Crippen LogP contribution in [-0.4, -0.2) is 51.6 Å². The van der Waals surface area contributed by atoms with Gasteiger partial charge in [0.2, 0.25) is 0 Å². The van der Waals surface area contributed by atoms with Crippen LogP contribution in [0, 0.1) is 0 Å². The zero-order valence-electron chi connectivity index (χ0n) is 24.2. The highest BCUT2D eigenvalue weighted by Gasteiger charge is 2.50. The molecule has 2 aliphatic rings. The molecule has 3 aromatic rings. The van der Waals surface area contributed by atoms with Crippen molar-refractivity contribution in [3.8, 4) is 0 Å². The van der Waals surface area contributed by atoms with Gasteiger partial charge in [-0.2, -0.15) is 13.2 Å². The third-order valence-corrected chi connectivity index (χ3v) is 8.93. The zero-order chi connectivity index (χ0) is 31.6. The van der Waals surface area contributed by atoms with Gasteiger partial charge in [0.15, 0.2) is 11.5 Å². The van der Waals surface area contributed by atoms with Gasteiger partial charge in [-0.1, -0.05) is 78.9 Å². The highest BCUT2D eigenvalue weighted by Crippen LogP contribution is 2.40. The second-order valence-electron chi connectivity index (χ2n) is 10.7. The van der Waals surface area contributed by atoms with Crippen LogP contribution in [0.1, 0.15) is 45.5 Å². The summed E-state index contributed by atoms with van der Waals surface area (Å²) in [5, 5.41) is 0. The van der Waals surface area contributed by atoms with Crippen molar-refractivity contribution in [2.24, 2.45) is 10.7 Å². The van der Waals surface area contributed by atoms with Crippen molar-refractivity contribution in [1.82, 2.24) is 9.80 Å². The van der Waals surface area contributed by atoms with Crippen LogP contribution in [0.25, 0.3) is 0 Å². The Labute approximate surface area is 256 Å². The van der Waals surface area contributed by atoms with Crippen LogP contribution in [0.2, 0.25) is 0 Å². The lowest BCUT2D eigenvalue weighted by Crippen LogP contribution is -2.43. The van der Waals surface area contributed by atoms with Crippen LogP contribution in [0.15, 0.2) is 106 Å². The fourth-order valence-corrected chi connectivity index (χ4v) is 6.53. The number of guanidine groups is 1. The molecule has 0 spiro atoms. The van der Waals surface area contributed by atoms with Crippen molar-refractivity contribution < 1.29 is 27.0 Å². The first-order valence-corrected chi connectivity index (χ1v) is 15.4. The average molecular weight is 621 g/mol. The standard InChI is InChI=1S/C33H31F3N4O3S/c1-39(21-23-11-9-10-16-28(23)44(2)43)29(41)26-19-22(17-18-27(26)33(34,35)36)20-40-30(42)32(38-31(40)37,24-12-5-3-6-13-24)25-14-7-4-8-15-25/h3-9,11-15,17-19H,10,16,20-21H2,1-2H3,(H2,37,38). The number of alkyl halides is 3. The number of likely N-dealkylation sites (N-methyl/N-ethyl adjacent to an activating group) is 1. The number of hydrogen-bond donors (Lipinski definition) is 1. The molecule has 11 heteroatoms. The Hall–Kier alpha value is -4.51. The molecule has 0 radical (unpaired) electrons. The summed E-state index contributed by atoms with van der Waals surface area (Å²) in [6.07, 6.45) is 1.65.